The predicted octanol–water partition coefficient (Wildman–Crippen LogP) is 4.49. The molecule has 0 spiro atoms. The summed E-state index contributed by atoms with van der Waals surface area (Å²) in [4.78, 5) is 3.88. The molecular weight excluding hydrogens is 286 g/mol. The van der Waals surface area contributed by atoms with Crippen molar-refractivity contribution < 1.29 is 13.0 Å². The second-order valence-corrected chi connectivity index (χ2v) is 5.55. The largest absolute Gasteiger partial charge is 0.296 e. The van der Waals surface area contributed by atoms with Gasteiger partial charge in [0, 0.05) is 11.6 Å². The highest BCUT2D eigenvalue weighted by atomic mass is 32.2. The van der Waals surface area contributed by atoms with E-state index in [4.69, 9.17) is 4.55 Å². The minimum Gasteiger partial charge on any atom is -0.282 e. The van der Waals surface area contributed by atoms with Crippen LogP contribution in [0.15, 0.2) is 35.4 Å². The summed E-state index contributed by atoms with van der Waals surface area (Å²) in [5, 5.41) is 0.764. The summed E-state index contributed by atoms with van der Waals surface area (Å²) in [5.74, 6) is 0. The van der Waals surface area contributed by atoms with E-state index in [1.165, 1.54) is 18.7 Å². The SMILES string of the molecule is CC.CCC.CCc1ccc(S(=O)(=O)O)c2ncccc12. The normalized spacial score (nSPS) is 10.2. The second kappa shape index (κ2) is 9.47. The van der Waals surface area contributed by atoms with Crippen molar-refractivity contribution in [3.8, 4) is 0 Å². The summed E-state index contributed by atoms with van der Waals surface area (Å²) in [6.07, 6.45) is 3.55. The molecule has 0 fully saturated rings. The molecule has 0 bridgehead atoms. The first-order chi connectivity index (χ1) is 9.95. The van der Waals surface area contributed by atoms with Crippen LogP contribution in [0.2, 0.25) is 0 Å². The highest BCUT2D eigenvalue weighted by Crippen LogP contribution is 2.24. The maximum atomic E-state index is 11.2. The van der Waals surface area contributed by atoms with Crippen molar-refractivity contribution in [2.75, 3.05) is 0 Å². The molecule has 21 heavy (non-hydrogen) atoms. The fourth-order valence-corrected chi connectivity index (χ4v) is 2.37. The smallest absolute Gasteiger partial charge is 0.282 e. The number of hydrogen-bond acceptors (Lipinski definition) is 3. The minimum absolute atomic E-state index is 0.139. The molecular formula is C16H25NO3S. The molecule has 0 aliphatic rings. The fourth-order valence-electron chi connectivity index (χ4n) is 1.72. The Labute approximate surface area is 128 Å². The Kier molecular flexibility index (Phi) is 8.81. The van der Waals surface area contributed by atoms with Crippen LogP contribution in [-0.4, -0.2) is 18.0 Å². The van der Waals surface area contributed by atoms with Crippen molar-refractivity contribution in [2.45, 2.75) is 52.4 Å². The number of aryl methyl sites for hydroxylation is 1. The zero-order valence-electron chi connectivity index (χ0n) is 13.4. The third-order valence-electron chi connectivity index (χ3n) is 2.48. The Balaban J connectivity index is 0.000000713. The molecule has 4 nitrogen and oxygen atoms in total. The lowest BCUT2D eigenvalue weighted by Gasteiger charge is -2.06. The van der Waals surface area contributed by atoms with Crippen molar-refractivity contribution >= 4 is 21.0 Å². The average molecular weight is 311 g/mol. The molecule has 5 heteroatoms. The Hall–Kier alpha value is -1.46. The van der Waals surface area contributed by atoms with Crippen LogP contribution in [-0.2, 0) is 16.5 Å². The van der Waals surface area contributed by atoms with Crippen LogP contribution < -0.4 is 0 Å². The highest BCUT2D eigenvalue weighted by Gasteiger charge is 2.15. The molecule has 1 aromatic carbocycles. The molecule has 0 aliphatic carbocycles. The third-order valence-corrected chi connectivity index (χ3v) is 3.37. The van der Waals surface area contributed by atoms with Gasteiger partial charge in [0.15, 0.2) is 0 Å². The van der Waals surface area contributed by atoms with E-state index in [2.05, 4.69) is 18.8 Å². The lowest BCUT2D eigenvalue weighted by molar-refractivity contribution is 0.484. The Bertz CT molecular complexity index is 652. The molecule has 118 valence electrons. The molecule has 0 radical (unpaired) electrons. The second-order valence-electron chi connectivity index (χ2n) is 4.16. The first kappa shape index (κ1) is 19.5. The van der Waals surface area contributed by atoms with Crippen molar-refractivity contribution in [1.29, 1.82) is 0 Å². The first-order valence-corrected chi connectivity index (χ1v) is 8.73. The van der Waals surface area contributed by atoms with Gasteiger partial charge in [-0.1, -0.05) is 53.2 Å². The van der Waals surface area contributed by atoms with Crippen LogP contribution in [0.1, 0.15) is 46.6 Å². The van der Waals surface area contributed by atoms with Gasteiger partial charge in [0.05, 0.1) is 5.52 Å². The maximum Gasteiger partial charge on any atom is 0.296 e. The lowest BCUT2D eigenvalue weighted by atomic mass is 10.1. The molecule has 1 aromatic heterocycles. The number of benzene rings is 1. The summed E-state index contributed by atoms with van der Waals surface area (Å²) in [7, 11) is -4.22. The van der Waals surface area contributed by atoms with Crippen molar-refractivity contribution in [3.63, 3.8) is 0 Å². The van der Waals surface area contributed by atoms with Gasteiger partial charge in [-0.2, -0.15) is 8.42 Å². The molecule has 0 saturated heterocycles. The number of fused-ring (bicyclic) bond motifs is 1. The number of aromatic nitrogens is 1. The van der Waals surface area contributed by atoms with E-state index >= 15 is 0 Å². The average Bonchev–Trinajstić information content (AvgIpc) is 2.48. The minimum atomic E-state index is -4.22. The van der Waals surface area contributed by atoms with E-state index in [-0.39, 0.29) is 4.90 Å². The lowest BCUT2D eigenvalue weighted by Crippen LogP contribution is -2.01. The van der Waals surface area contributed by atoms with Crippen LogP contribution >= 0.6 is 0 Å². The number of nitrogens with zero attached hydrogens (tertiary/aromatic N) is 1. The van der Waals surface area contributed by atoms with E-state index in [1.807, 2.05) is 20.8 Å². The molecule has 1 N–H and O–H groups in total. The van der Waals surface area contributed by atoms with E-state index in [9.17, 15) is 8.42 Å². The summed E-state index contributed by atoms with van der Waals surface area (Å²) in [5.41, 5.74) is 1.33. The van der Waals surface area contributed by atoms with Crippen LogP contribution in [0, 0.1) is 0 Å². The van der Waals surface area contributed by atoms with Crippen molar-refractivity contribution in [1.82, 2.24) is 4.98 Å². The predicted molar refractivity (Wildman–Crippen MR) is 88.2 cm³/mol. The van der Waals surface area contributed by atoms with Gasteiger partial charge in [0.25, 0.3) is 10.1 Å². The summed E-state index contributed by atoms with van der Waals surface area (Å²) >= 11 is 0. The number of rotatable bonds is 2. The van der Waals surface area contributed by atoms with E-state index < -0.39 is 10.1 Å². The van der Waals surface area contributed by atoms with Gasteiger partial charge < -0.3 is 0 Å². The Morgan fingerprint density at radius 3 is 2.14 bits per heavy atom. The topological polar surface area (TPSA) is 67.3 Å². The third kappa shape index (κ3) is 5.44. The Morgan fingerprint density at radius 1 is 1.10 bits per heavy atom. The van der Waals surface area contributed by atoms with E-state index in [0.29, 0.717) is 5.52 Å². The van der Waals surface area contributed by atoms with Gasteiger partial charge in [-0.15, -0.1) is 0 Å². The zero-order chi connectivity index (χ0) is 16.5. The molecule has 0 saturated carbocycles. The van der Waals surface area contributed by atoms with Crippen molar-refractivity contribution in [3.05, 3.63) is 36.0 Å². The van der Waals surface area contributed by atoms with Crippen LogP contribution in [0.4, 0.5) is 0 Å². The molecule has 1 heterocycles. The van der Waals surface area contributed by atoms with Gasteiger partial charge in [-0.05, 0) is 24.1 Å². The highest BCUT2D eigenvalue weighted by molar-refractivity contribution is 7.86. The van der Waals surface area contributed by atoms with Gasteiger partial charge in [-0.25, -0.2) is 0 Å². The number of pyridine rings is 1. The monoisotopic (exact) mass is 311 g/mol. The molecule has 0 amide bonds. The molecule has 0 unspecified atom stereocenters. The summed E-state index contributed by atoms with van der Waals surface area (Å²) in [6.45, 7) is 10.2. The standard InChI is InChI=1S/C11H11NO3S.C3H8.C2H6/c1-2-8-5-6-10(16(13,14)15)11-9(8)4-3-7-12-11;1-3-2;1-2/h3-7H,2H2,1H3,(H,13,14,15);3H2,1-2H3;1-2H3. The number of hydrogen-bond donors (Lipinski definition) is 1. The zero-order valence-corrected chi connectivity index (χ0v) is 14.2. The summed E-state index contributed by atoms with van der Waals surface area (Å²) < 4.78 is 31.4. The van der Waals surface area contributed by atoms with E-state index in [0.717, 1.165) is 17.4 Å². The first-order valence-electron chi connectivity index (χ1n) is 7.29. The quantitative estimate of drug-likeness (QED) is 0.830. The molecule has 0 aliphatic heterocycles. The summed E-state index contributed by atoms with van der Waals surface area (Å²) in [6, 6.07) is 6.64. The van der Waals surface area contributed by atoms with Gasteiger partial charge in [0.1, 0.15) is 4.90 Å². The maximum absolute atomic E-state index is 11.2. The van der Waals surface area contributed by atoms with Gasteiger partial charge in [-0.3, -0.25) is 9.54 Å². The fraction of sp³-hybridized carbons (Fsp3) is 0.438. The Morgan fingerprint density at radius 2 is 1.67 bits per heavy atom. The van der Waals surface area contributed by atoms with Crippen LogP contribution in [0.3, 0.4) is 0 Å². The van der Waals surface area contributed by atoms with Crippen molar-refractivity contribution in [2.24, 2.45) is 0 Å². The molecule has 0 atom stereocenters. The molecule has 2 aromatic rings. The van der Waals surface area contributed by atoms with Crippen LogP contribution in [0.5, 0.6) is 0 Å². The van der Waals surface area contributed by atoms with Gasteiger partial charge >= 0.3 is 0 Å². The molecule has 2 rings (SSSR count). The van der Waals surface area contributed by atoms with Gasteiger partial charge in [0.2, 0.25) is 0 Å². The van der Waals surface area contributed by atoms with Crippen LogP contribution in [0.25, 0.3) is 10.9 Å². The van der Waals surface area contributed by atoms with E-state index in [1.54, 1.807) is 18.2 Å².